The highest BCUT2D eigenvalue weighted by Crippen LogP contribution is 2.20. The lowest BCUT2D eigenvalue weighted by Crippen LogP contribution is -2.34. The predicted octanol–water partition coefficient (Wildman–Crippen LogP) is 2.73. The normalized spacial score (nSPS) is 11.5. The van der Waals surface area contributed by atoms with Crippen LogP contribution < -0.4 is 9.47 Å². The lowest BCUT2D eigenvalue weighted by atomic mass is 10.1. The third kappa shape index (κ3) is 6.53. The second-order valence-electron chi connectivity index (χ2n) is 5.87. The number of hydrogen-bond acceptors (Lipinski definition) is 6. The molecule has 0 fully saturated rings. The van der Waals surface area contributed by atoms with Crippen molar-refractivity contribution in [1.82, 2.24) is 4.31 Å². The smallest absolute Gasteiger partial charge is 0.346 e. The monoisotopic (exact) mass is 413 g/mol. The Morgan fingerprint density at radius 1 is 1.22 bits per heavy atom. The van der Waals surface area contributed by atoms with Crippen molar-refractivity contribution in [3.63, 3.8) is 0 Å². The second kappa shape index (κ2) is 9.72. The van der Waals surface area contributed by atoms with Gasteiger partial charge in [-0.05, 0) is 42.0 Å². The number of aryl methyl sites for hydroxylation is 1. The first-order chi connectivity index (χ1) is 12.8. The summed E-state index contributed by atoms with van der Waals surface area (Å²) in [7, 11) is -1.82. The van der Waals surface area contributed by atoms with Gasteiger partial charge in [-0.25, -0.2) is 13.2 Å². The van der Waals surface area contributed by atoms with Crippen LogP contribution in [0.25, 0.3) is 0 Å². The number of ether oxygens (including phenoxy) is 2. The van der Waals surface area contributed by atoms with Gasteiger partial charge < -0.3 is 14.6 Å². The molecule has 27 heavy (non-hydrogen) atoms. The summed E-state index contributed by atoms with van der Waals surface area (Å²) in [4.78, 5) is 11.4. The fourth-order valence-electron chi connectivity index (χ4n) is 2.57. The van der Waals surface area contributed by atoms with E-state index in [4.69, 9.17) is 14.6 Å². The number of rotatable bonds is 11. The first-order valence-electron chi connectivity index (χ1n) is 8.33. The third-order valence-corrected chi connectivity index (χ3v) is 6.16. The number of hydrogen-bond donors (Lipinski definition) is 1. The Balaban J connectivity index is 1.88. The summed E-state index contributed by atoms with van der Waals surface area (Å²) in [5, 5.41) is 10.9. The standard InChI is InChI=1S/C18H23NO6S2/c1-24-15-6-3-7-16(13-15)25-11-10-19(27(2,22)23)9-4-5-14-8-12-26-17(14)18(20)21/h3,6-8,12-13H,4-5,9-11H2,1-2H3,(H,20,21). The van der Waals surface area contributed by atoms with Crippen LogP contribution >= 0.6 is 11.3 Å². The van der Waals surface area contributed by atoms with E-state index in [-0.39, 0.29) is 13.2 Å². The molecule has 0 unspecified atom stereocenters. The zero-order chi connectivity index (χ0) is 19.9. The van der Waals surface area contributed by atoms with Crippen LogP contribution in [-0.4, -0.2) is 56.9 Å². The lowest BCUT2D eigenvalue weighted by molar-refractivity contribution is 0.0701. The van der Waals surface area contributed by atoms with Crippen molar-refractivity contribution in [2.24, 2.45) is 0 Å². The highest BCUT2D eigenvalue weighted by molar-refractivity contribution is 7.88. The summed E-state index contributed by atoms with van der Waals surface area (Å²) < 4.78 is 36.1. The molecule has 1 aromatic heterocycles. The van der Waals surface area contributed by atoms with Gasteiger partial charge in [-0.2, -0.15) is 4.31 Å². The summed E-state index contributed by atoms with van der Waals surface area (Å²) in [5.74, 6) is 0.316. The van der Waals surface area contributed by atoms with Gasteiger partial charge in [-0.15, -0.1) is 11.3 Å². The third-order valence-electron chi connectivity index (χ3n) is 3.91. The van der Waals surface area contributed by atoms with E-state index in [2.05, 4.69) is 0 Å². The minimum Gasteiger partial charge on any atom is -0.497 e. The second-order valence-corrected chi connectivity index (χ2v) is 8.77. The quantitative estimate of drug-likeness (QED) is 0.609. The predicted molar refractivity (Wildman–Crippen MR) is 105 cm³/mol. The highest BCUT2D eigenvalue weighted by Gasteiger charge is 2.17. The van der Waals surface area contributed by atoms with Crippen LogP contribution in [0.5, 0.6) is 11.5 Å². The number of thiophene rings is 1. The van der Waals surface area contributed by atoms with E-state index in [0.717, 1.165) is 11.8 Å². The van der Waals surface area contributed by atoms with E-state index in [1.54, 1.807) is 42.8 Å². The molecule has 0 radical (unpaired) electrons. The fraction of sp³-hybridized carbons (Fsp3) is 0.389. The molecule has 1 aromatic carbocycles. The molecule has 2 aromatic rings. The molecule has 0 aliphatic carbocycles. The molecule has 0 saturated heterocycles. The first-order valence-corrected chi connectivity index (χ1v) is 11.1. The first kappa shape index (κ1) is 21.2. The van der Waals surface area contributed by atoms with Gasteiger partial charge in [0.2, 0.25) is 10.0 Å². The molecule has 0 aliphatic rings. The van der Waals surface area contributed by atoms with Crippen molar-refractivity contribution in [3.05, 3.63) is 46.2 Å². The molecule has 0 bridgehead atoms. The lowest BCUT2D eigenvalue weighted by Gasteiger charge is -2.20. The van der Waals surface area contributed by atoms with Crippen LogP contribution in [0.2, 0.25) is 0 Å². The van der Waals surface area contributed by atoms with Gasteiger partial charge in [-0.1, -0.05) is 6.07 Å². The Kier molecular flexibility index (Phi) is 7.64. The van der Waals surface area contributed by atoms with E-state index in [1.807, 2.05) is 0 Å². The number of sulfonamides is 1. The molecule has 1 N–H and O–H groups in total. The maximum Gasteiger partial charge on any atom is 0.346 e. The van der Waals surface area contributed by atoms with Gasteiger partial charge in [0, 0.05) is 19.2 Å². The summed E-state index contributed by atoms with van der Waals surface area (Å²) in [6.45, 7) is 0.722. The number of benzene rings is 1. The summed E-state index contributed by atoms with van der Waals surface area (Å²) in [6.07, 6.45) is 2.20. The van der Waals surface area contributed by atoms with Crippen LogP contribution in [0, 0.1) is 0 Å². The van der Waals surface area contributed by atoms with Gasteiger partial charge in [0.1, 0.15) is 23.0 Å². The fourth-order valence-corrected chi connectivity index (χ4v) is 4.22. The Bertz CT molecular complexity index is 862. The van der Waals surface area contributed by atoms with Gasteiger partial charge in [0.15, 0.2) is 0 Å². The van der Waals surface area contributed by atoms with E-state index < -0.39 is 16.0 Å². The maximum atomic E-state index is 12.0. The number of carboxylic acids is 1. The Hall–Kier alpha value is -2.10. The van der Waals surface area contributed by atoms with Crippen molar-refractivity contribution in [3.8, 4) is 11.5 Å². The molecule has 2 rings (SSSR count). The van der Waals surface area contributed by atoms with Crippen molar-refractivity contribution in [2.75, 3.05) is 33.1 Å². The molecular weight excluding hydrogens is 390 g/mol. The largest absolute Gasteiger partial charge is 0.497 e. The van der Waals surface area contributed by atoms with Crippen LogP contribution in [-0.2, 0) is 16.4 Å². The van der Waals surface area contributed by atoms with Gasteiger partial charge >= 0.3 is 5.97 Å². The molecule has 7 nitrogen and oxygen atoms in total. The van der Waals surface area contributed by atoms with Gasteiger partial charge in [-0.3, -0.25) is 0 Å². The number of nitrogens with zero attached hydrogens (tertiary/aromatic N) is 1. The Morgan fingerprint density at radius 2 is 1.96 bits per heavy atom. The molecule has 0 amide bonds. The van der Waals surface area contributed by atoms with Gasteiger partial charge in [0.05, 0.1) is 13.4 Å². The maximum absolute atomic E-state index is 12.0. The number of carboxylic acid groups (broad SMARTS) is 1. The molecule has 148 valence electrons. The van der Waals surface area contributed by atoms with Crippen LogP contribution in [0.1, 0.15) is 21.7 Å². The molecule has 9 heteroatoms. The number of carbonyl (C=O) groups is 1. The molecule has 1 heterocycles. The molecule has 0 spiro atoms. The molecular formula is C18H23NO6S2. The van der Waals surface area contributed by atoms with Crippen LogP contribution in [0.3, 0.4) is 0 Å². The summed E-state index contributed by atoms with van der Waals surface area (Å²) in [6, 6.07) is 8.87. The van der Waals surface area contributed by atoms with Crippen molar-refractivity contribution in [1.29, 1.82) is 0 Å². The number of methoxy groups -OCH3 is 1. The summed E-state index contributed by atoms with van der Waals surface area (Å²) >= 11 is 1.17. The topological polar surface area (TPSA) is 93.1 Å². The van der Waals surface area contributed by atoms with Crippen molar-refractivity contribution in [2.45, 2.75) is 12.8 Å². The van der Waals surface area contributed by atoms with E-state index in [1.165, 1.54) is 15.6 Å². The minimum atomic E-state index is -3.38. The van der Waals surface area contributed by atoms with Gasteiger partial charge in [0.25, 0.3) is 0 Å². The van der Waals surface area contributed by atoms with Crippen molar-refractivity contribution >= 4 is 27.3 Å². The zero-order valence-corrected chi connectivity index (χ0v) is 16.9. The average Bonchev–Trinajstić information content (AvgIpc) is 3.08. The highest BCUT2D eigenvalue weighted by atomic mass is 32.2. The Labute approximate surface area is 163 Å². The van der Waals surface area contributed by atoms with E-state index in [0.29, 0.717) is 35.8 Å². The average molecular weight is 414 g/mol. The zero-order valence-electron chi connectivity index (χ0n) is 15.3. The molecule has 0 atom stereocenters. The molecule has 0 aliphatic heterocycles. The van der Waals surface area contributed by atoms with E-state index >= 15 is 0 Å². The van der Waals surface area contributed by atoms with Crippen LogP contribution in [0.4, 0.5) is 0 Å². The Morgan fingerprint density at radius 3 is 2.63 bits per heavy atom. The number of aromatic carboxylic acids is 1. The summed E-state index contributed by atoms with van der Waals surface area (Å²) in [5.41, 5.74) is 0.730. The van der Waals surface area contributed by atoms with Crippen LogP contribution in [0.15, 0.2) is 35.7 Å². The van der Waals surface area contributed by atoms with E-state index in [9.17, 15) is 13.2 Å². The van der Waals surface area contributed by atoms with Crippen molar-refractivity contribution < 1.29 is 27.8 Å². The minimum absolute atomic E-state index is 0.207. The molecule has 0 saturated carbocycles. The SMILES string of the molecule is COc1cccc(OCCN(CCCc2ccsc2C(=O)O)S(C)(=O)=O)c1.